The molecule has 0 unspecified atom stereocenters. The van der Waals surface area contributed by atoms with Gasteiger partial charge in [-0.15, -0.1) is 0 Å². The number of phenolic OH excluding ortho intramolecular Hbond substituents is 1. The summed E-state index contributed by atoms with van der Waals surface area (Å²) in [6, 6.07) is 12.5. The van der Waals surface area contributed by atoms with Gasteiger partial charge in [0.25, 0.3) is 5.91 Å². The van der Waals surface area contributed by atoms with Gasteiger partial charge >= 0.3 is 5.97 Å². The van der Waals surface area contributed by atoms with E-state index in [1.165, 1.54) is 20.9 Å². The summed E-state index contributed by atoms with van der Waals surface area (Å²) in [5.74, 6) is -2.37. The highest BCUT2D eigenvalue weighted by molar-refractivity contribution is 5.96. The van der Waals surface area contributed by atoms with Crippen molar-refractivity contribution in [2.75, 3.05) is 40.9 Å². The summed E-state index contributed by atoms with van der Waals surface area (Å²) in [6.07, 6.45) is 4.94. The molecule has 2 aliphatic heterocycles. The number of ether oxygens (including phenoxy) is 2. The number of carbonyl (C=O) groups excluding carboxylic acids is 5. The molecule has 3 atom stereocenters. The first-order valence-corrected chi connectivity index (χ1v) is 22.6. The van der Waals surface area contributed by atoms with Crippen molar-refractivity contribution in [3.05, 3.63) is 84.2 Å². The van der Waals surface area contributed by atoms with Crippen LogP contribution in [-0.4, -0.2) is 118 Å². The second-order valence-corrected chi connectivity index (χ2v) is 18.4. The van der Waals surface area contributed by atoms with Gasteiger partial charge in [0.1, 0.15) is 23.9 Å². The average Bonchev–Trinajstić information content (AvgIpc) is 3.58. The van der Waals surface area contributed by atoms with Gasteiger partial charge in [-0.1, -0.05) is 46.4 Å². The van der Waals surface area contributed by atoms with E-state index >= 15 is 0 Å². The highest BCUT2D eigenvalue weighted by atomic mass is 16.5. The number of rotatable bonds is 13. The Morgan fingerprint density at radius 3 is 2.60 bits per heavy atom. The van der Waals surface area contributed by atoms with Crippen LogP contribution in [0.15, 0.2) is 67.4 Å². The summed E-state index contributed by atoms with van der Waals surface area (Å²) < 4.78 is 14.0. The van der Waals surface area contributed by atoms with Crippen LogP contribution in [0.3, 0.4) is 0 Å². The zero-order valence-electron chi connectivity index (χ0n) is 39.1. The van der Waals surface area contributed by atoms with E-state index in [1.54, 1.807) is 39.5 Å². The molecule has 2 aromatic heterocycles. The van der Waals surface area contributed by atoms with E-state index in [9.17, 15) is 29.1 Å². The van der Waals surface area contributed by atoms with Crippen molar-refractivity contribution in [3.8, 4) is 28.1 Å². The molecule has 4 heterocycles. The highest BCUT2D eigenvalue weighted by Crippen LogP contribution is 2.41. The van der Waals surface area contributed by atoms with Crippen LogP contribution in [0.2, 0.25) is 0 Å². The van der Waals surface area contributed by atoms with Crippen LogP contribution in [0.1, 0.15) is 77.1 Å². The Morgan fingerprint density at radius 1 is 1.12 bits per heavy atom. The van der Waals surface area contributed by atoms with E-state index in [1.807, 2.05) is 32.0 Å². The predicted octanol–water partition coefficient (Wildman–Crippen LogP) is 5.80. The van der Waals surface area contributed by atoms with Crippen molar-refractivity contribution in [1.29, 1.82) is 0 Å². The van der Waals surface area contributed by atoms with Crippen molar-refractivity contribution in [2.45, 2.75) is 104 Å². The summed E-state index contributed by atoms with van der Waals surface area (Å²) in [5, 5.41) is 16.6. The Balaban J connectivity index is 1.42. The minimum atomic E-state index is -1.16. The number of benzene rings is 2. The van der Waals surface area contributed by atoms with E-state index < -0.39 is 41.3 Å². The third kappa shape index (κ3) is 11.1. The highest BCUT2D eigenvalue weighted by Gasteiger charge is 2.38. The fourth-order valence-electron chi connectivity index (χ4n) is 9.17. The van der Waals surface area contributed by atoms with Crippen LogP contribution >= 0.6 is 0 Å². The number of aryl methyl sites for hydroxylation is 1. The van der Waals surface area contributed by atoms with Gasteiger partial charge in [-0.25, -0.2) is 5.43 Å². The van der Waals surface area contributed by atoms with E-state index in [0.717, 1.165) is 39.0 Å². The molecule has 0 radical (unpaired) electrons. The second kappa shape index (κ2) is 20.8. The number of phenols is 1. The number of likely N-dealkylation sites (N-methyl/N-ethyl adjacent to an activating group) is 2. The normalized spacial score (nSPS) is 18.1. The minimum absolute atomic E-state index is 0.00721. The molecule has 348 valence electrons. The van der Waals surface area contributed by atoms with Crippen molar-refractivity contribution in [1.82, 2.24) is 35.1 Å². The molecule has 6 rings (SSSR count). The number of aromatic nitrogens is 2. The Bertz CT molecular complexity index is 2430. The maximum atomic E-state index is 14.6. The SMILES string of the molecule is C=CC(=O)N(C)CCCC(=O)N(C)[C@H](C(=O)N[C@H]1Cc2cc(O)cc(c2)-c2ccc3c(c2)c(c(-c2cccnc2COC)n3CC)CC(C)(C)COC(=O)[C@@H]2CCCN(N2)C1=O)C(C)C. The number of aromatic hydroxyl groups is 1. The number of cyclic esters (lactones) is 1. The Labute approximate surface area is 382 Å². The lowest BCUT2D eigenvalue weighted by Gasteiger charge is -2.36. The molecule has 65 heavy (non-hydrogen) atoms. The number of hydrogen-bond donors (Lipinski definition) is 3. The molecule has 2 aliphatic rings. The van der Waals surface area contributed by atoms with Crippen molar-refractivity contribution >= 4 is 40.5 Å². The number of esters is 1. The Morgan fingerprint density at radius 2 is 1.89 bits per heavy atom. The quantitative estimate of drug-likeness (QED) is 0.110. The maximum Gasteiger partial charge on any atom is 0.324 e. The lowest BCUT2D eigenvalue weighted by molar-refractivity contribution is -0.155. The minimum Gasteiger partial charge on any atom is -0.508 e. The number of nitrogens with one attached hydrogen (secondary N) is 2. The molecule has 15 heteroatoms. The summed E-state index contributed by atoms with van der Waals surface area (Å²) in [5.41, 5.74) is 9.53. The van der Waals surface area contributed by atoms with Gasteiger partial charge in [0, 0.05) is 81.8 Å². The molecule has 0 saturated carbocycles. The predicted molar refractivity (Wildman–Crippen MR) is 249 cm³/mol. The van der Waals surface area contributed by atoms with Crippen LogP contribution in [0.4, 0.5) is 0 Å². The van der Waals surface area contributed by atoms with Gasteiger partial charge < -0.3 is 34.3 Å². The maximum absolute atomic E-state index is 14.6. The van der Waals surface area contributed by atoms with Crippen LogP contribution in [0.25, 0.3) is 33.3 Å². The van der Waals surface area contributed by atoms with E-state index in [4.69, 9.17) is 14.5 Å². The van der Waals surface area contributed by atoms with E-state index in [0.29, 0.717) is 56.5 Å². The molecule has 1 saturated heterocycles. The number of methoxy groups -OCH3 is 1. The molecule has 0 spiro atoms. The van der Waals surface area contributed by atoms with Crippen molar-refractivity contribution in [3.63, 3.8) is 0 Å². The van der Waals surface area contributed by atoms with Crippen molar-refractivity contribution < 1.29 is 38.6 Å². The van der Waals surface area contributed by atoms with Crippen LogP contribution in [0, 0.1) is 11.3 Å². The summed E-state index contributed by atoms with van der Waals surface area (Å²) in [6.45, 7) is 15.1. The molecule has 3 N–H and O–H groups in total. The Kier molecular flexibility index (Phi) is 15.5. The molecule has 4 aromatic rings. The third-order valence-corrected chi connectivity index (χ3v) is 12.4. The topological polar surface area (TPSA) is 176 Å². The van der Waals surface area contributed by atoms with Crippen molar-refractivity contribution in [2.24, 2.45) is 11.3 Å². The molecule has 2 aromatic carbocycles. The monoisotopic (exact) mass is 891 g/mol. The fraction of sp³-hybridized carbons (Fsp3) is 0.480. The van der Waals surface area contributed by atoms with Gasteiger partial charge in [-0.3, -0.25) is 34.0 Å². The molecule has 6 bridgehead atoms. The third-order valence-electron chi connectivity index (χ3n) is 12.4. The lowest BCUT2D eigenvalue weighted by Crippen LogP contribution is -2.62. The molecule has 1 fully saturated rings. The first-order chi connectivity index (χ1) is 31.0. The number of fused-ring (bicyclic) bond motifs is 6. The lowest BCUT2D eigenvalue weighted by atomic mass is 9.84. The number of hydrogen-bond acceptors (Lipinski definition) is 10. The Hall–Kier alpha value is -6.06. The smallest absolute Gasteiger partial charge is 0.324 e. The first kappa shape index (κ1) is 48.4. The zero-order chi connectivity index (χ0) is 47.2. The number of nitrogens with zero attached hydrogens (tertiary/aromatic N) is 5. The second-order valence-electron chi connectivity index (χ2n) is 18.4. The molecule has 4 amide bonds. The largest absolute Gasteiger partial charge is 0.508 e. The van der Waals surface area contributed by atoms with Gasteiger partial charge in [0.15, 0.2) is 0 Å². The molecular weight excluding hydrogens is 827 g/mol. The fourth-order valence-corrected chi connectivity index (χ4v) is 9.17. The first-order valence-electron chi connectivity index (χ1n) is 22.6. The van der Waals surface area contributed by atoms with Gasteiger partial charge in [0.05, 0.1) is 24.6 Å². The molecular formula is C50H65N7O8. The van der Waals surface area contributed by atoms with Crippen LogP contribution < -0.4 is 10.7 Å². The summed E-state index contributed by atoms with van der Waals surface area (Å²) in [7, 11) is 4.85. The summed E-state index contributed by atoms with van der Waals surface area (Å²) in [4.78, 5) is 75.9. The van der Waals surface area contributed by atoms with Gasteiger partial charge in [-0.2, -0.15) is 0 Å². The van der Waals surface area contributed by atoms with Crippen LogP contribution in [-0.2, 0) is 59.4 Å². The zero-order valence-corrected chi connectivity index (χ0v) is 39.1. The number of hydrazine groups is 1. The molecule has 15 nitrogen and oxygen atoms in total. The number of pyridine rings is 1. The van der Waals surface area contributed by atoms with E-state index in [2.05, 4.69) is 60.9 Å². The number of amides is 4. The van der Waals surface area contributed by atoms with Crippen LogP contribution in [0.5, 0.6) is 5.75 Å². The average molecular weight is 892 g/mol. The number of carbonyl (C=O) groups is 5. The molecule has 0 aliphatic carbocycles. The van der Waals surface area contributed by atoms with Gasteiger partial charge in [-0.05, 0) is 103 Å². The van der Waals surface area contributed by atoms with E-state index in [-0.39, 0.29) is 49.5 Å². The van der Waals surface area contributed by atoms with Gasteiger partial charge in [0.2, 0.25) is 17.7 Å². The summed E-state index contributed by atoms with van der Waals surface area (Å²) >= 11 is 0. The standard InChI is InChI=1S/C50H65N7O8/c1-10-43(59)54(7)21-14-17-44(60)55(8)45(31(3)4)47(61)52-40-25-32-23-34(26-35(58)24-32)33-18-19-42-37(27-33)38(46(56(42)11-2)36-15-12-20-51-41(36)29-64-9)28-50(5,6)30-65-49(63)39-16-13-22-57(53-39)48(40)62/h10,12,15,18-20,23-24,26-27,31,39-40,45,53,58H,1,11,13-14,16-17,21-22,25,28-30H2,2-9H3,(H,52,61)/t39-,40-,45-/m0/s1.